The minimum atomic E-state index is -3.50. The van der Waals surface area contributed by atoms with Crippen LogP contribution in [0.3, 0.4) is 0 Å². The average molecular weight is 362 g/mol. The highest BCUT2D eigenvalue weighted by atomic mass is 35.5. The third-order valence-corrected chi connectivity index (χ3v) is 5.12. The molecular formula is C15H24ClN3O3S. The molecule has 0 aliphatic carbocycles. The van der Waals surface area contributed by atoms with Gasteiger partial charge in [-0.05, 0) is 57.5 Å². The summed E-state index contributed by atoms with van der Waals surface area (Å²) < 4.78 is 26.6. The monoisotopic (exact) mass is 361 g/mol. The summed E-state index contributed by atoms with van der Waals surface area (Å²) >= 11 is 0. The third-order valence-electron chi connectivity index (χ3n) is 3.45. The number of hydrogen-bond acceptors (Lipinski definition) is 4. The zero-order chi connectivity index (χ0) is 16.2. The van der Waals surface area contributed by atoms with Crippen molar-refractivity contribution in [1.29, 1.82) is 0 Å². The number of hydrogen-bond donors (Lipinski definition) is 3. The molecule has 6 nitrogen and oxygen atoms in total. The Morgan fingerprint density at radius 2 is 1.87 bits per heavy atom. The predicted octanol–water partition coefficient (Wildman–Crippen LogP) is 1.88. The fourth-order valence-electron chi connectivity index (χ4n) is 2.40. The predicted molar refractivity (Wildman–Crippen MR) is 93.4 cm³/mol. The van der Waals surface area contributed by atoms with Gasteiger partial charge in [-0.25, -0.2) is 13.1 Å². The molecule has 0 bridgehead atoms. The number of rotatable bonds is 5. The van der Waals surface area contributed by atoms with Crippen molar-refractivity contribution >= 4 is 34.0 Å². The Labute approximate surface area is 143 Å². The normalized spacial score (nSPS) is 18.3. The SMILES string of the molecule is CC(C)NS(=O)(=O)c1ccc(NC(=O)C2CCCCN2)cc1.Cl. The molecule has 1 aromatic carbocycles. The van der Waals surface area contributed by atoms with E-state index in [-0.39, 0.29) is 35.3 Å². The molecule has 0 radical (unpaired) electrons. The van der Waals surface area contributed by atoms with Gasteiger partial charge in [0.2, 0.25) is 15.9 Å². The van der Waals surface area contributed by atoms with Crippen LogP contribution >= 0.6 is 12.4 Å². The minimum Gasteiger partial charge on any atom is -0.325 e. The van der Waals surface area contributed by atoms with Crippen molar-refractivity contribution in [2.45, 2.75) is 50.1 Å². The molecule has 3 N–H and O–H groups in total. The number of carbonyl (C=O) groups is 1. The van der Waals surface area contributed by atoms with Crippen molar-refractivity contribution in [2.24, 2.45) is 0 Å². The lowest BCUT2D eigenvalue weighted by Crippen LogP contribution is -2.43. The molecule has 1 saturated heterocycles. The quantitative estimate of drug-likeness (QED) is 0.747. The van der Waals surface area contributed by atoms with Gasteiger partial charge in [-0.1, -0.05) is 6.42 Å². The molecule has 23 heavy (non-hydrogen) atoms. The largest absolute Gasteiger partial charge is 0.325 e. The molecular weight excluding hydrogens is 338 g/mol. The Bertz CT molecular complexity index is 611. The summed E-state index contributed by atoms with van der Waals surface area (Å²) in [4.78, 5) is 12.3. The number of benzene rings is 1. The first kappa shape index (κ1) is 19.9. The molecule has 1 fully saturated rings. The molecule has 1 atom stereocenters. The highest BCUT2D eigenvalue weighted by molar-refractivity contribution is 7.89. The lowest BCUT2D eigenvalue weighted by atomic mass is 10.0. The number of halogens is 1. The number of anilines is 1. The van der Waals surface area contributed by atoms with Gasteiger partial charge in [-0.15, -0.1) is 12.4 Å². The standard InChI is InChI=1S/C15H23N3O3S.ClH/c1-11(2)18-22(20,21)13-8-6-12(7-9-13)17-15(19)14-5-3-4-10-16-14;/h6-9,11,14,16,18H,3-5,10H2,1-2H3,(H,17,19);1H. The molecule has 0 aromatic heterocycles. The van der Waals surface area contributed by atoms with Gasteiger partial charge in [0.25, 0.3) is 0 Å². The Morgan fingerprint density at radius 1 is 1.22 bits per heavy atom. The van der Waals surface area contributed by atoms with E-state index in [1.165, 1.54) is 12.1 Å². The van der Waals surface area contributed by atoms with Gasteiger partial charge >= 0.3 is 0 Å². The van der Waals surface area contributed by atoms with Crippen LogP contribution in [-0.2, 0) is 14.8 Å². The molecule has 1 aliphatic rings. The van der Waals surface area contributed by atoms with E-state index < -0.39 is 10.0 Å². The average Bonchev–Trinajstić information content (AvgIpc) is 2.47. The van der Waals surface area contributed by atoms with Gasteiger partial charge in [0.1, 0.15) is 0 Å². The number of nitrogens with one attached hydrogen (secondary N) is 3. The van der Waals surface area contributed by atoms with Crippen LogP contribution in [0.1, 0.15) is 33.1 Å². The van der Waals surface area contributed by atoms with E-state index in [1.54, 1.807) is 26.0 Å². The fraction of sp³-hybridized carbons (Fsp3) is 0.533. The fourth-order valence-corrected chi connectivity index (χ4v) is 3.65. The molecule has 1 aliphatic heterocycles. The summed E-state index contributed by atoms with van der Waals surface area (Å²) in [5, 5.41) is 5.99. The van der Waals surface area contributed by atoms with Crippen molar-refractivity contribution in [2.75, 3.05) is 11.9 Å². The first-order valence-electron chi connectivity index (χ1n) is 7.55. The van der Waals surface area contributed by atoms with E-state index in [0.29, 0.717) is 5.69 Å². The number of piperidine rings is 1. The Morgan fingerprint density at radius 3 is 2.39 bits per heavy atom. The van der Waals surface area contributed by atoms with E-state index in [2.05, 4.69) is 15.4 Å². The van der Waals surface area contributed by atoms with E-state index in [9.17, 15) is 13.2 Å². The van der Waals surface area contributed by atoms with Gasteiger partial charge in [0, 0.05) is 11.7 Å². The van der Waals surface area contributed by atoms with E-state index in [1.807, 2.05) is 0 Å². The molecule has 1 heterocycles. The molecule has 1 amide bonds. The van der Waals surface area contributed by atoms with Crippen LogP contribution in [0.15, 0.2) is 29.2 Å². The van der Waals surface area contributed by atoms with Crippen LogP contribution in [-0.4, -0.2) is 33.0 Å². The Kier molecular flexibility index (Phi) is 7.47. The summed E-state index contributed by atoms with van der Waals surface area (Å²) in [6.07, 6.45) is 2.97. The molecule has 2 rings (SSSR count). The minimum absolute atomic E-state index is 0. The molecule has 0 saturated carbocycles. The first-order chi connectivity index (χ1) is 10.4. The summed E-state index contributed by atoms with van der Waals surface area (Å²) in [6.45, 7) is 4.39. The molecule has 130 valence electrons. The van der Waals surface area contributed by atoms with Gasteiger partial charge in [0.15, 0.2) is 0 Å². The van der Waals surface area contributed by atoms with Crippen molar-refractivity contribution in [3.8, 4) is 0 Å². The highest BCUT2D eigenvalue weighted by Gasteiger charge is 2.21. The highest BCUT2D eigenvalue weighted by Crippen LogP contribution is 2.16. The Balaban J connectivity index is 0.00000264. The number of carbonyl (C=O) groups excluding carboxylic acids is 1. The van der Waals surface area contributed by atoms with Gasteiger partial charge in [-0.3, -0.25) is 4.79 Å². The molecule has 0 spiro atoms. The molecule has 8 heteroatoms. The van der Waals surface area contributed by atoms with Crippen LogP contribution in [0, 0.1) is 0 Å². The van der Waals surface area contributed by atoms with Crippen molar-refractivity contribution in [3.63, 3.8) is 0 Å². The maximum Gasteiger partial charge on any atom is 0.241 e. The van der Waals surface area contributed by atoms with E-state index in [0.717, 1.165) is 25.8 Å². The number of sulfonamides is 1. The summed E-state index contributed by atoms with van der Waals surface area (Å²) in [6, 6.07) is 5.87. The number of amides is 1. The van der Waals surface area contributed by atoms with Crippen molar-refractivity contribution in [1.82, 2.24) is 10.0 Å². The lowest BCUT2D eigenvalue weighted by molar-refractivity contribution is -0.118. The topological polar surface area (TPSA) is 87.3 Å². The second-order valence-corrected chi connectivity index (χ2v) is 7.51. The van der Waals surface area contributed by atoms with Crippen molar-refractivity contribution < 1.29 is 13.2 Å². The maximum absolute atomic E-state index is 12.1. The molecule has 1 aromatic rings. The maximum atomic E-state index is 12.1. The van der Waals surface area contributed by atoms with Gasteiger partial charge in [0.05, 0.1) is 10.9 Å². The summed E-state index contributed by atoms with van der Waals surface area (Å²) in [7, 11) is -3.50. The van der Waals surface area contributed by atoms with Crippen LogP contribution in [0.2, 0.25) is 0 Å². The van der Waals surface area contributed by atoms with Gasteiger partial charge in [-0.2, -0.15) is 0 Å². The Hall–Kier alpha value is -1.15. The van der Waals surface area contributed by atoms with Crippen LogP contribution in [0.25, 0.3) is 0 Å². The third kappa shape index (κ3) is 5.76. The summed E-state index contributed by atoms with van der Waals surface area (Å²) in [5.74, 6) is -0.0735. The van der Waals surface area contributed by atoms with Crippen molar-refractivity contribution in [3.05, 3.63) is 24.3 Å². The zero-order valence-corrected chi connectivity index (χ0v) is 15.0. The molecule has 1 unspecified atom stereocenters. The van der Waals surface area contributed by atoms with Crippen LogP contribution in [0.5, 0.6) is 0 Å². The first-order valence-corrected chi connectivity index (χ1v) is 9.03. The van der Waals surface area contributed by atoms with E-state index >= 15 is 0 Å². The summed E-state index contributed by atoms with van der Waals surface area (Å²) in [5.41, 5.74) is 0.598. The lowest BCUT2D eigenvalue weighted by Gasteiger charge is -2.22. The van der Waals surface area contributed by atoms with Crippen LogP contribution in [0.4, 0.5) is 5.69 Å². The van der Waals surface area contributed by atoms with E-state index in [4.69, 9.17) is 0 Å². The zero-order valence-electron chi connectivity index (χ0n) is 13.3. The van der Waals surface area contributed by atoms with Gasteiger partial charge < -0.3 is 10.6 Å². The second kappa shape index (κ2) is 8.63. The smallest absolute Gasteiger partial charge is 0.241 e. The van der Waals surface area contributed by atoms with Crippen LogP contribution < -0.4 is 15.4 Å². The second-order valence-electron chi connectivity index (χ2n) is 5.79.